The quantitative estimate of drug-likeness (QED) is 0.601. The number of urea groups is 1. The number of imidazole rings is 1. The van der Waals surface area contributed by atoms with E-state index < -0.39 is 0 Å². The van der Waals surface area contributed by atoms with Crippen LogP contribution in [0, 0.1) is 0 Å². The average Bonchev–Trinajstić information content (AvgIpc) is 3.21. The van der Waals surface area contributed by atoms with Gasteiger partial charge in [-0.1, -0.05) is 18.2 Å². The van der Waals surface area contributed by atoms with Crippen molar-refractivity contribution in [2.24, 2.45) is 0 Å². The molecule has 0 aliphatic rings. The number of benzene rings is 1. The van der Waals surface area contributed by atoms with Gasteiger partial charge in [-0.15, -0.1) is 11.3 Å². The molecular weight excluding hydrogens is 322 g/mol. The van der Waals surface area contributed by atoms with Crippen molar-refractivity contribution in [2.75, 3.05) is 0 Å². The molecule has 1 aromatic carbocycles. The van der Waals surface area contributed by atoms with Crippen molar-refractivity contribution >= 4 is 33.2 Å². The highest BCUT2D eigenvalue weighted by Gasteiger charge is 2.07. The Hall–Kier alpha value is -2.93. The highest BCUT2D eigenvalue weighted by molar-refractivity contribution is 7.18. The van der Waals surface area contributed by atoms with E-state index in [0.29, 0.717) is 13.1 Å². The van der Waals surface area contributed by atoms with Crippen molar-refractivity contribution in [1.82, 2.24) is 25.0 Å². The number of thiazole rings is 1. The number of amides is 2. The van der Waals surface area contributed by atoms with Gasteiger partial charge in [-0.25, -0.2) is 14.8 Å². The third-order valence-electron chi connectivity index (χ3n) is 3.58. The first kappa shape index (κ1) is 14.6. The number of nitrogens with one attached hydrogen (secondary N) is 2. The predicted octanol–water partition coefficient (Wildman–Crippen LogP) is 2.94. The van der Waals surface area contributed by atoms with Gasteiger partial charge in [0.2, 0.25) is 0 Å². The fourth-order valence-corrected chi connectivity index (χ4v) is 3.36. The summed E-state index contributed by atoms with van der Waals surface area (Å²) >= 11 is 1.59. The van der Waals surface area contributed by atoms with Crippen LogP contribution < -0.4 is 10.6 Å². The van der Waals surface area contributed by atoms with Crippen LogP contribution in [0.4, 0.5) is 4.79 Å². The zero-order chi connectivity index (χ0) is 16.4. The van der Waals surface area contributed by atoms with Crippen LogP contribution in [-0.2, 0) is 13.1 Å². The number of rotatable bonds is 4. The summed E-state index contributed by atoms with van der Waals surface area (Å²) in [6.45, 7) is 0.795. The van der Waals surface area contributed by atoms with Crippen molar-refractivity contribution in [2.45, 2.75) is 13.1 Å². The van der Waals surface area contributed by atoms with Gasteiger partial charge in [0, 0.05) is 12.4 Å². The number of hydrogen-bond donors (Lipinski definition) is 2. The Bertz CT molecular complexity index is 860. The second-order valence-electron chi connectivity index (χ2n) is 5.31. The molecule has 0 fully saturated rings. The molecule has 6 nitrogen and oxygen atoms in total. The Morgan fingerprint density at radius 2 is 1.88 bits per heavy atom. The maximum absolute atomic E-state index is 11.9. The zero-order valence-corrected chi connectivity index (χ0v) is 13.6. The SMILES string of the molecule is O=C(NCc1cn2ccccc2n1)NCc1nc2ccccc2s1. The molecule has 0 aliphatic carbocycles. The second-order valence-corrected chi connectivity index (χ2v) is 6.43. The molecule has 2 N–H and O–H groups in total. The number of pyridine rings is 1. The van der Waals surface area contributed by atoms with Crippen molar-refractivity contribution in [1.29, 1.82) is 0 Å². The number of fused-ring (bicyclic) bond motifs is 2. The van der Waals surface area contributed by atoms with Crippen molar-refractivity contribution in [3.63, 3.8) is 0 Å². The summed E-state index contributed by atoms with van der Waals surface area (Å²) in [4.78, 5) is 20.9. The highest BCUT2D eigenvalue weighted by Crippen LogP contribution is 2.21. The number of carbonyl (C=O) groups excluding carboxylic acids is 1. The minimum Gasteiger partial charge on any atom is -0.332 e. The Morgan fingerprint density at radius 1 is 1.04 bits per heavy atom. The fourth-order valence-electron chi connectivity index (χ4n) is 2.46. The number of nitrogens with zero attached hydrogens (tertiary/aromatic N) is 3. The molecule has 3 heterocycles. The van der Waals surface area contributed by atoms with Gasteiger partial charge < -0.3 is 15.0 Å². The normalized spacial score (nSPS) is 11.0. The van der Waals surface area contributed by atoms with E-state index in [1.54, 1.807) is 11.3 Å². The molecule has 0 aliphatic heterocycles. The lowest BCUT2D eigenvalue weighted by Crippen LogP contribution is -2.34. The third-order valence-corrected chi connectivity index (χ3v) is 4.62. The van der Waals surface area contributed by atoms with Gasteiger partial charge in [0.1, 0.15) is 10.7 Å². The van der Waals surface area contributed by atoms with E-state index in [0.717, 1.165) is 26.6 Å². The van der Waals surface area contributed by atoms with Gasteiger partial charge in [-0.2, -0.15) is 0 Å². The summed E-state index contributed by atoms with van der Waals surface area (Å²) in [6.07, 6.45) is 3.84. The lowest BCUT2D eigenvalue weighted by atomic mass is 10.3. The molecule has 0 radical (unpaired) electrons. The van der Waals surface area contributed by atoms with Crippen LogP contribution in [0.15, 0.2) is 54.9 Å². The molecule has 0 atom stereocenters. The number of aromatic nitrogens is 3. The molecule has 3 aromatic heterocycles. The van der Waals surface area contributed by atoms with Crippen molar-refractivity contribution < 1.29 is 4.79 Å². The standard InChI is InChI=1S/C17H15N5OS/c23-17(18-9-12-11-22-8-4-3-7-15(22)20-12)19-10-16-21-13-5-1-2-6-14(13)24-16/h1-8,11H,9-10H2,(H2,18,19,23). The average molecular weight is 337 g/mol. The maximum atomic E-state index is 11.9. The van der Waals surface area contributed by atoms with Crippen LogP contribution in [0.3, 0.4) is 0 Å². The largest absolute Gasteiger partial charge is 0.332 e. The topological polar surface area (TPSA) is 71.3 Å². The smallest absolute Gasteiger partial charge is 0.315 e. The van der Waals surface area contributed by atoms with E-state index in [4.69, 9.17) is 0 Å². The first-order chi connectivity index (χ1) is 11.8. The van der Waals surface area contributed by atoms with Crippen LogP contribution in [-0.4, -0.2) is 20.4 Å². The van der Waals surface area contributed by atoms with E-state index in [2.05, 4.69) is 20.6 Å². The lowest BCUT2D eigenvalue weighted by molar-refractivity contribution is 0.240. The highest BCUT2D eigenvalue weighted by atomic mass is 32.1. The van der Waals surface area contributed by atoms with Crippen LogP contribution in [0.25, 0.3) is 15.9 Å². The molecular formula is C17H15N5OS. The molecule has 0 saturated heterocycles. The first-order valence-corrected chi connectivity index (χ1v) is 8.38. The minimum absolute atomic E-state index is 0.230. The first-order valence-electron chi connectivity index (χ1n) is 7.57. The maximum Gasteiger partial charge on any atom is 0.315 e. The van der Waals surface area contributed by atoms with Gasteiger partial charge in [0.25, 0.3) is 0 Å². The molecule has 0 saturated carbocycles. The molecule has 4 rings (SSSR count). The van der Waals surface area contributed by atoms with Crippen LogP contribution >= 0.6 is 11.3 Å². The summed E-state index contributed by atoms with van der Waals surface area (Å²) in [5, 5.41) is 6.53. The Labute approximate surface area is 142 Å². The van der Waals surface area contributed by atoms with E-state index in [1.165, 1.54) is 0 Å². The van der Waals surface area contributed by atoms with Crippen molar-refractivity contribution in [3.05, 3.63) is 65.6 Å². The Morgan fingerprint density at radius 3 is 2.75 bits per heavy atom. The Balaban J connectivity index is 1.33. The number of carbonyl (C=O) groups is 1. The molecule has 120 valence electrons. The summed E-state index contributed by atoms with van der Waals surface area (Å²) in [5.41, 5.74) is 2.64. The Kier molecular flexibility index (Phi) is 3.84. The summed E-state index contributed by atoms with van der Waals surface area (Å²) < 4.78 is 3.05. The van der Waals surface area contributed by atoms with E-state index >= 15 is 0 Å². The minimum atomic E-state index is -0.230. The van der Waals surface area contributed by atoms with Gasteiger partial charge in [0.15, 0.2) is 0 Å². The molecule has 0 unspecified atom stereocenters. The van der Waals surface area contributed by atoms with Crippen LogP contribution in [0.5, 0.6) is 0 Å². The molecule has 2 amide bonds. The predicted molar refractivity (Wildman–Crippen MR) is 93.9 cm³/mol. The van der Waals surface area contributed by atoms with Gasteiger partial charge >= 0.3 is 6.03 Å². The molecule has 24 heavy (non-hydrogen) atoms. The number of hydrogen-bond acceptors (Lipinski definition) is 4. The van der Waals surface area contributed by atoms with E-state index in [9.17, 15) is 4.79 Å². The zero-order valence-electron chi connectivity index (χ0n) is 12.8. The second kappa shape index (κ2) is 6.29. The number of para-hydroxylation sites is 1. The monoisotopic (exact) mass is 337 g/mol. The molecule has 0 bridgehead atoms. The van der Waals surface area contributed by atoms with E-state index in [1.807, 2.05) is 59.3 Å². The molecule has 0 spiro atoms. The van der Waals surface area contributed by atoms with Crippen LogP contribution in [0.1, 0.15) is 10.7 Å². The van der Waals surface area contributed by atoms with Gasteiger partial charge in [-0.05, 0) is 24.3 Å². The summed E-state index contributed by atoms with van der Waals surface area (Å²) in [7, 11) is 0. The third kappa shape index (κ3) is 3.07. The molecule has 4 aromatic rings. The fraction of sp³-hybridized carbons (Fsp3) is 0.118. The van der Waals surface area contributed by atoms with Gasteiger partial charge in [0.05, 0.1) is 29.0 Å². The lowest BCUT2D eigenvalue weighted by Gasteiger charge is -2.04. The summed E-state index contributed by atoms with van der Waals surface area (Å²) in [5.74, 6) is 0. The molecule has 7 heteroatoms. The van der Waals surface area contributed by atoms with E-state index in [-0.39, 0.29) is 6.03 Å². The van der Waals surface area contributed by atoms with Crippen LogP contribution in [0.2, 0.25) is 0 Å². The van der Waals surface area contributed by atoms with Gasteiger partial charge in [-0.3, -0.25) is 0 Å². The summed E-state index contributed by atoms with van der Waals surface area (Å²) in [6, 6.07) is 13.5. The van der Waals surface area contributed by atoms with Crippen molar-refractivity contribution in [3.8, 4) is 0 Å².